The van der Waals surface area contributed by atoms with Crippen molar-refractivity contribution in [3.63, 3.8) is 0 Å². The van der Waals surface area contributed by atoms with E-state index in [1.807, 2.05) is 66.7 Å². The molecule has 0 amide bonds. The molecule has 0 spiro atoms. The Morgan fingerprint density at radius 1 is 0.780 bits per heavy atom. The highest BCUT2D eigenvalue weighted by Gasteiger charge is 2.50. The molecule has 1 saturated heterocycles. The summed E-state index contributed by atoms with van der Waals surface area (Å²) in [6.07, 6.45) is 0.0787. The number of aliphatic hydroxyl groups is 1. The molecule has 4 rings (SSSR count). The second kappa shape index (κ2) is 13.3. The summed E-state index contributed by atoms with van der Waals surface area (Å²) in [6, 6.07) is 26.0. The Morgan fingerprint density at radius 3 is 1.83 bits per heavy atom. The van der Waals surface area contributed by atoms with Crippen molar-refractivity contribution in [1.82, 2.24) is 0 Å². The smallest absolute Gasteiger partial charge is 0.314 e. The largest absolute Gasteiger partial charge is 0.543 e. The first kappa shape index (κ1) is 30.9. The first-order chi connectivity index (χ1) is 19.6. The third-order valence-corrected chi connectivity index (χ3v) is 15.1. The summed E-state index contributed by atoms with van der Waals surface area (Å²) >= 11 is 0. The predicted molar refractivity (Wildman–Crippen MR) is 167 cm³/mol. The molecule has 1 heterocycles. The van der Waals surface area contributed by atoms with Gasteiger partial charge >= 0.3 is 5.97 Å². The molecule has 3 aromatic carbocycles. The molecule has 0 bridgehead atoms. The number of ether oxygens (including phenoxy) is 2. The fraction of sp³-hybridized carbons (Fsp3) is 0.457. The number of benzene rings is 3. The Labute approximate surface area is 247 Å². The molecule has 0 saturated carbocycles. The summed E-state index contributed by atoms with van der Waals surface area (Å²) in [5, 5.41) is 10.1. The molecular formula is C35H46O5Si. The van der Waals surface area contributed by atoms with Crippen LogP contribution in [0.2, 0.25) is 16.6 Å². The molecule has 1 aliphatic rings. The fourth-order valence-electron chi connectivity index (χ4n) is 7.22. The van der Waals surface area contributed by atoms with Crippen LogP contribution in [0, 0.1) is 5.92 Å². The third kappa shape index (κ3) is 6.24. The summed E-state index contributed by atoms with van der Waals surface area (Å²) < 4.78 is 18.4. The zero-order valence-corrected chi connectivity index (χ0v) is 26.5. The lowest BCUT2D eigenvalue weighted by molar-refractivity contribution is -0.142. The first-order valence-corrected chi connectivity index (χ1v) is 17.1. The monoisotopic (exact) mass is 574 g/mol. The van der Waals surface area contributed by atoms with Gasteiger partial charge in [-0.1, -0.05) is 96.1 Å². The van der Waals surface area contributed by atoms with Crippen molar-refractivity contribution in [2.75, 3.05) is 13.7 Å². The number of rotatable bonds is 12. The summed E-state index contributed by atoms with van der Waals surface area (Å²) in [7, 11) is -0.471. The second-order valence-electron chi connectivity index (χ2n) is 12.2. The minimum atomic E-state index is -2.11. The molecule has 1 fully saturated rings. The van der Waals surface area contributed by atoms with Crippen LogP contribution in [0.4, 0.5) is 0 Å². The quantitative estimate of drug-likeness (QED) is 0.174. The summed E-state index contributed by atoms with van der Waals surface area (Å²) in [4.78, 5) is 13.7. The summed E-state index contributed by atoms with van der Waals surface area (Å²) in [6.45, 7) is 13.7. The van der Waals surface area contributed by atoms with Gasteiger partial charge in [0.05, 0.1) is 13.0 Å². The van der Waals surface area contributed by atoms with Crippen molar-refractivity contribution in [2.45, 2.75) is 82.5 Å². The van der Waals surface area contributed by atoms with Crippen LogP contribution in [0.15, 0.2) is 78.9 Å². The number of hydrogen-bond acceptors (Lipinski definition) is 5. The molecule has 4 atom stereocenters. The number of esters is 1. The number of cyclic esters (lactones) is 1. The molecule has 0 aromatic heterocycles. The Balaban J connectivity index is 1.75. The average Bonchev–Trinajstić information content (AvgIpc) is 3.31. The van der Waals surface area contributed by atoms with E-state index in [0.717, 1.165) is 28.2 Å². The summed E-state index contributed by atoms with van der Waals surface area (Å²) in [5.74, 6) is 0.617. The second-order valence-corrected chi connectivity index (χ2v) is 17.6. The summed E-state index contributed by atoms with van der Waals surface area (Å²) in [5.41, 5.74) is 4.32. The molecule has 0 aliphatic carbocycles. The SMILES string of the molecule is COc1ccc([C@@H]2OC(=O)[C@H](c3ccc(O[Si](C(C)C)(C(C)C)C(C)C)cc3)[C@H]2[C@@H](CCO)c2ccccc2)cc1. The van der Waals surface area contributed by atoms with E-state index in [1.165, 1.54) is 0 Å². The van der Waals surface area contributed by atoms with E-state index < -0.39 is 20.3 Å². The van der Waals surface area contributed by atoms with Gasteiger partial charge in [0.1, 0.15) is 17.6 Å². The van der Waals surface area contributed by atoms with Gasteiger partial charge in [-0.15, -0.1) is 0 Å². The molecule has 0 unspecified atom stereocenters. The predicted octanol–water partition coefficient (Wildman–Crippen LogP) is 8.41. The van der Waals surface area contributed by atoms with Crippen LogP contribution >= 0.6 is 0 Å². The number of hydrogen-bond donors (Lipinski definition) is 1. The highest BCUT2D eigenvalue weighted by Crippen LogP contribution is 2.53. The first-order valence-electron chi connectivity index (χ1n) is 14.9. The van der Waals surface area contributed by atoms with Crippen molar-refractivity contribution in [3.8, 4) is 11.5 Å². The number of aliphatic hydroxyl groups excluding tert-OH is 1. The lowest BCUT2D eigenvalue weighted by atomic mass is 9.71. The zero-order valence-electron chi connectivity index (χ0n) is 25.5. The lowest BCUT2D eigenvalue weighted by Gasteiger charge is -2.42. The van der Waals surface area contributed by atoms with Crippen molar-refractivity contribution < 1.29 is 23.8 Å². The van der Waals surface area contributed by atoms with Gasteiger partial charge in [0.25, 0.3) is 8.32 Å². The van der Waals surface area contributed by atoms with Gasteiger partial charge in [-0.05, 0) is 69.9 Å². The Hall–Kier alpha value is -3.09. The lowest BCUT2D eigenvalue weighted by Crippen LogP contribution is -2.50. The van der Waals surface area contributed by atoms with Crippen LogP contribution < -0.4 is 9.16 Å². The van der Waals surface area contributed by atoms with Crippen LogP contribution in [0.5, 0.6) is 11.5 Å². The number of carbonyl (C=O) groups is 1. The Bertz CT molecular complexity index is 1230. The normalized spacial score (nSPS) is 20.0. The van der Waals surface area contributed by atoms with Gasteiger partial charge in [-0.3, -0.25) is 4.79 Å². The van der Waals surface area contributed by atoms with E-state index in [-0.39, 0.29) is 24.4 Å². The highest BCUT2D eigenvalue weighted by molar-refractivity contribution is 6.78. The molecule has 1 N–H and O–H groups in total. The average molecular weight is 575 g/mol. The minimum Gasteiger partial charge on any atom is -0.543 e. The van der Waals surface area contributed by atoms with Crippen molar-refractivity contribution in [2.24, 2.45) is 5.92 Å². The maximum absolute atomic E-state index is 13.7. The molecule has 6 heteroatoms. The van der Waals surface area contributed by atoms with Crippen LogP contribution in [0.1, 0.15) is 82.6 Å². The minimum absolute atomic E-state index is 0.0192. The van der Waals surface area contributed by atoms with Crippen LogP contribution in [0.25, 0.3) is 0 Å². The molecule has 220 valence electrons. The van der Waals surface area contributed by atoms with Gasteiger partial charge in [-0.2, -0.15) is 0 Å². The Kier molecular flexibility index (Phi) is 9.98. The van der Waals surface area contributed by atoms with Gasteiger partial charge in [0.15, 0.2) is 0 Å². The molecule has 0 radical (unpaired) electrons. The molecule has 41 heavy (non-hydrogen) atoms. The van der Waals surface area contributed by atoms with Crippen LogP contribution in [0.3, 0.4) is 0 Å². The van der Waals surface area contributed by atoms with E-state index in [1.54, 1.807) is 7.11 Å². The van der Waals surface area contributed by atoms with Crippen LogP contribution in [-0.4, -0.2) is 33.1 Å². The van der Waals surface area contributed by atoms with Crippen LogP contribution in [-0.2, 0) is 9.53 Å². The standard InChI is InChI=1S/C35H46O5Si/c1-23(2)41(24(3)4,25(5)6)40-30-19-13-27(14-20-30)32-33(31(21-22-36)26-11-9-8-10-12-26)34(39-35(32)37)28-15-17-29(38-7)18-16-28/h8-20,23-25,31-34,36H,21-22H2,1-7H3/t31-,32+,33+,34-/m0/s1. The van der Waals surface area contributed by atoms with Gasteiger partial charge < -0.3 is 19.0 Å². The van der Waals surface area contributed by atoms with Gasteiger partial charge in [0, 0.05) is 12.5 Å². The van der Waals surface area contributed by atoms with Crippen molar-refractivity contribution >= 4 is 14.3 Å². The molecule has 3 aromatic rings. The maximum atomic E-state index is 13.7. The highest BCUT2D eigenvalue weighted by atomic mass is 28.4. The molecular weight excluding hydrogens is 528 g/mol. The van der Waals surface area contributed by atoms with Gasteiger partial charge in [0.2, 0.25) is 0 Å². The molecule has 1 aliphatic heterocycles. The van der Waals surface area contributed by atoms with E-state index in [0.29, 0.717) is 23.0 Å². The topological polar surface area (TPSA) is 65.0 Å². The van der Waals surface area contributed by atoms with E-state index >= 15 is 0 Å². The van der Waals surface area contributed by atoms with E-state index in [4.69, 9.17) is 13.9 Å². The Morgan fingerprint density at radius 2 is 1.32 bits per heavy atom. The fourth-order valence-corrected chi connectivity index (χ4v) is 12.5. The van der Waals surface area contributed by atoms with Gasteiger partial charge in [-0.25, -0.2) is 0 Å². The van der Waals surface area contributed by atoms with Crippen molar-refractivity contribution in [1.29, 1.82) is 0 Å². The zero-order chi connectivity index (χ0) is 29.7. The van der Waals surface area contributed by atoms with E-state index in [9.17, 15) is 9.90 Å². The third-order valence-electron chi connectivity index (χ3n) is 9.05. The molecule has 5 nitrogen and oxygen atoms in total. The van der Waals surface area contributed by atoms with Crippen molar-refractivity contribution in [3.05, 3.63) is 95.6 Å². The number of methoxy groups -OCH3 is 1. The maximum Gasteiger partial charge on any atom is 0.314 e. The van der Waals surface area contributed by atoms with E-state index in [2.05, 4.69) is 53.7 Å². The number of carbonyl (C=O) groups excluding carboxylic acids is 1.